The van der Waals surface area contributed by atoms with Gasteiger partial charge in [-0.15, -0.1) is 0 Å². The monoisotopic (exact) mass is 209 g/mol. The fraction of sp³-hybridized carbons (Fsp3) is 0.818. The Hall–Kier alpha value is -1.06. The molecule has 2 saturated carbocycles. The molecule has 0 aromatic carbocycles. The average molecular weight is 209 g/mol. The normalized spacial score (nSPS) is 33.5. The first-order valence-corrected chi connectivity index (χ1v) is 5.89. The van der Waals surface area contributed by atoms with E-state index < -0.39 is 6.03 Å². The number of nitrogens with zero attached hydrogens (tertiary/aromatic N) is 1. The molecular formula is C11H19N3O. The third-order valence-corrected chi connectivity index (χ3v) is 3.42. The van der Waals surface area contributed by atoms with Gasteiger partial charge >= 0.3 is 6.03 Å². The van der Waals surface area contributed by atoms with Gasteiger partial charge in [0.25, 0.3) is 0 Å². The minimum Gasteiger partial charge on any atom is -0.350 e. The molecule has 2 atom stereocenters. The Morgan fingerprint density at radius 2 is 2.13 bits per heavy atom. The highest BCUT2D eigenvalue weighted by Crippen LogP contribution is 2.45. The first kappa shape index (κ1) is 10.5. The van der Waals surface area contributed by atoms with Crippen LogP contribution in [0.1, 0.15) is 44.9 Å². The molecule has 0 radical (unpaired) electrons. The van der Waals surface area contributed by atoms with Crippen LogP contribution in [-0.2, 0) is 0 Å². The van der Waals surface area contributed by atoms with Crippen LogP contribution < -0.4 is 11.2 Å². The Labute approximate surface area is 90.3 Å². The summed E-state index contributed by atoms with van der Waals surface area (Å²) >= 11 is 0. The minimum atomic E-state index is -0.556. The molecule has 2 rings (SSSR count). The number of primary amides is 1. The van der Waals surface area contributed by atoms with Gasteiger partial charge in [0, 0.05) is 11.6 Å². The summed E-state index contributed by atoms with van der Waals surface area (Å²) in [5, 5.41) is 4.14. The molecule has 0 aromatic rings. The van der Waals surface area contributed by atoms with Crippen LogP contribution in [0, 0.1) is 11.8 Å². The Morgan fingerprint density at radius 3 is 2.93 bits per heavy atom. The van der Waals surface area contributed by atoms with Crippen molar-refractivity contribution in [3.05, 3.63) is 0 Å². The number of hydrazone groups is 1. The number of nitrogens with one attached hydrogen (secondary N) is 1. The second kappa shape index (κ2) is 4.64. The van der Waals surface area contributed by atoms with Crippen molar-refractivity contribution in [3.8, 4) is 0 Å². The first-order chi connectivity index (χ1) is 7.27. The molecule has 2 fully saturated rings. The molecule has 4 nitrogen and oxygen atoms in total. The number of rotatable bonds is 1. The molecule has 0 aliphatic heterocycles. The second-order valence-corrected chi connectivity index (χ2v) is 4.63. The van der Waals surface area contributed by atoms with Crippen LogP contribution in [0.4, 0.5) is 4.79 Å². The standard InChI is InChI=1S/C11H19N3O/c12-11(15)14-13-10-6-4-2-1-3-5-8-7-9(8)10/h8-9H,1-7H2,(H3,12,14,15)/b13-10+/t8-,9-/m0/s1. The largest absolute Gasteiger partial charge is 0.350 e. The number of hydrogen-bond acceptors (Lipinski definition) is 2. The third kappa shape index (κ3) is 2.94. The van der Waals surface area contributed by atoms with Gasteiger partial charge in [-0.1, -0.05) is 19.3 Å². The molecule has 0 heterocycles. The summed E-state index contributed by atoms with van der Waals surface area (Å²) in [7, 11) is 0. The smallest absolute Gasteiger partial charge is 0.332 e. The predicted molar refractivity (Wildman–Crippen MR) is 59.5 cm³/mol. The Morgan fingerprint density at radius 1 is 1.33 bits per heavy atom. The number of hydrogen-bond donors (Lipinski definition) is 2. The highest BCUT2D eigenvalue weighted by atomic mass is 16.2. The van der Waals surface area contributed by atoms with Crippen LogP contribution in [0.15, 0.2) is 5.10 Å². The zero-order valence-electron chi connectivity index (χ0n) is 9.04. The molecule has 15 heavy (non-hydrogen) atoms. The lowest BCUT2D eigenvalue weighted by molar-refractivity contribution is 0.249. The summed E-state index contributed by atoms with van der Waals surface area (Å²) < 4.78 is 0. The van der Waals surface area contributed by atoms with Gasteiger partial charge < -0.3 is 5.73 Å². The number of urea groups is 1. The van der Waals surface area contributed by atoms with Gasteiger partial charge in [-0.25, -0.2) is 10.2 Å². The predicted octanol–water partition coefficient (Wildman–Crippen LogP) is 2.00. The van der Waals surface area contributed by atoms with Gasteiger partial charge in [0.1, 0.15) is 0 Å². The van der Waals surface area contributed by atoms with E-state index in [1.165, 1.54) is 44.2 Å². The Bertz CT molecular complexity index is 275. The fourth-order valence-electron chi connectivity index (χ4n) is 2.49. The summed E-state index contributed by atoms with van der Waals surface area (Å²) in [4.78, 5) is 10.6. The Kier molecular flexibility index (Phi) is 3.23. The molecule has 3 N–H and O–H groups in total. The van der Waals surface area contributed by atoms with E-state index in [-0.39, 0.29) is 0 Å². The van der Waals surface area contributed by atoms with Crippen LogP contribution in [0.25, 0.3) is 0 Å². The van der Waals surface area contributed by atoms with Gasteiger partial charge in [0.2, 0.25) is 0 Å². The molecular weight excluding hydrogens is 190 g/mol. The van der Waals surface area contributed by atoms with Crippen LogP contribution in [0.3, 0.4) is 0 Å². The van der Waals surface area contributed by atoms with Crippen molar-refractivity contribution in [2.75, 3.05) is 0 Å². The maximum absolute atomic E-state index is 10.6. The van der Waals surface area contributed by atoms with E-state index in [4.69, 9.17) is 5.73 Å². The number of carbonyl (C=O) groups is 1. The van der Waals surface area contributed by atoms with Crippen molar-refractivity contribution in [1.82, 2.24) is 5.43 Å². The third-order valence-electron chi connectivity index (χ3n) is 3.42. The second-order valence-electron chi connectivity index (χ2n) is 4.63. The molecule has 0 aromatic heterocycles. The molecule has 4 heteroatoms. The van der Waals surface area contributed by atoms with Crippen LogP contribution in [0.5, 0.6) is 0 Å². The number of amides is 2. The summed E-state index contributed by atoms with van der Waals surface area (Å²) in [6, 6.07) is -0.556. The van der Waals surface area contributed by atoms with E-state index in [0.717, 1.165) is 12.3 Å². The molecule has 0 unspecified atom stereocenters. The lowest BCUT2D eigenvalue weighted by Crippen LogP contribution is -2.26. The van der Waals surface area contributed by atoms with Crippen molar-refractivity contribution in [2.24, 2.45) is 22.7 Å². The van der Waals surface area contributed by atoms with Crippen molar-refractivity contribution < 1.29 is 4.79 Å². The molecule has 84 valence electrons. The molecule has 2 aliphatic rings. The molecule has 0 saturated heterocycles. The summed E-state index contributed by atoms with van der Waals surface area (Å²) in [5.41, 5.74) is 8.55. The van der Waals surface area contributed by atoms with E-state index in [0.29, 0.717) is 5.92 Å². The molecule has 2 aliphatic carbocycles. The van der Waals surface area contributed by atoms with Crippen LogP contribution in [-0.4, -0.2) is 11.7 Å². The molecule has 0 spiro atoms. The maximum Gasteiger partial charge on any atom is 0.332 e. The zero-order valence-corrected chi connectivity index (χ0v) is 9.04. The number of nitrogens with two attached hydrogens (primary N) is 1. The SMILES string of the molecule is NC(=O)N/N=C1\CCCCCC[C@H]2C[C@H]12. The average Bonchev–Trinajstić information content (AvgIpc) is 2.94. The summed E-state index contributed by atoms with van der Waals surface area (Å²) in [5.74, 6) is 1.46. The number of carbonyl (C=O) groups excluding carboxylic acids is 1. The van der Waals surface area contributed by atoms with Gasteiger partial charge in [-0.2, -0.15) is 5.10 Å². The van der Waals surface area contributed by atoms with Gasteiger partial charge in [-0.3, -0.25) is 0 Å². The van der Waals surface area contributed by atoms with E-state index in [9.17, 15) is 4.79 Å². The van der Waals surface area contributed by atoms with E-state index in [2.05, 4.69) is 10.5 Å². The van der Waals surface area contributed by atoms with E-state index in [1.54, 1.807) is 0 Å². The molecule has 2 amide bonds. The van der Waals surface area contributed by atoms with Gasteiger partial charge in [0.15, 0.2) is 0 Å². The quantitative estimate of drug-likeness (QED) is 0.637. The van der Waals surface area contributed by atoms with Crippen molar-refractivity contribution in [2.45, 2.75) is 44.9 Å². The topological polar surface area (TPSA) is 67.5 Å². The summed E-state index contributed by atoms with van der Waals surface area (Å²) in [6.45, 7) is 0. The Balaban J connectivity index is 1.95. The molecule has 0 bridgehead atoms. The minimum absolute atomic E-state index is 0.556. The maximum atomic E-state index is 10.6. The lowest BCUT2D eigenvalue weighted by Gasteiger charge is -2.04. The highest BCUT2D eigenvalue weighted by molar-refractivity contribution is 5.90. The summed E-state index contributed by atoms with van der Waals surface area (Å²) in [6.07, 6.45) is 8.82. The van der Waals surface area contributed by atoms with E-state index >= 15 is 0 Å². The zero-order chi connectivity index (χ0) is 10.7. The van der Waals surface area contributed by atoms with Crippen LogP contribution >= 0.6 is 0 Å². The van der Waals surface area contributed by atoms with Crippen molar-refractivity contribution in [1.29, 1.82) is 0 Å². The first-order valence-electron chi connectivity index (χ1n) is 5.89. The lowest BCUT2D eigenvalue weighted by atomic mass is 10.1. The van der Waals surface area contributed by atoms with Crippen LogP contribution in [0.2, 0.25) is 0 Å². The van der Waals surface area contributed by atoms with Gasteiger partial charge in [0.05, 0.1) is 0 Å². The highest BCUT2D eigenvalue weighted by Gasteiger charge is 2.40. The van der Waals surface area contributed by atoms with Gasteiger partial charge in [-0.05, 0) is 31.6 Å². The van der Waals surface area contributed by atoms with Crippen molar-refractivity contribution in [3.63, 3.8) is 0 Å². The van der Waals surface area contributed by atoms with Crippen molar-refractivity contribution >= 4 is 11.7 Å². The fourth-order valence-corrected chi connectivity index (χ4v) is 2.49. The number of fused-ring (bicyclic) bond motifs is 1. The van der Waals surface area contributed by atoms with E-state index in [1.807, 2.05) is 0 Å².